The lowest BCUT2D eigenvalue weighted by Crippen LogP contribution is -2.50. The highest BCUT2D eigenvalue weighted by Gasteiger charge is 2.30. The lowest BCUT2D eigenvalue weighted by Gasteiger charge is -2.32. The van der Waals surface area contributed by atoms with E-state index in [1.165, 1.54) is 11.3 Å². The van der Waals surface area contributed by atoms with E-state index in [9.17, 15) is 13.2 Å². The number of hydrogen-bond donors (Lipinski definition) is 2. The van der Waals surface area contributed by atoms with Crippen molar-refractivity contribution >= 4 is 49.8 Å². The fraction of sp³-hybridized carbons (Fsp3) is 0.400. The third kappa shape index (κ3) is 3.89. The van der Waals surface area contributed by atoms with Crippen molar-refractivity contribution in [3.8, 4) is 0 Å². The smallest absolute Gasteiger partial charge is 0.348 e. The zero-order valence-electron chi connectivity index (χ0n) is 13.0. The first kappa shape index (κ1) is 19.1. The minimum Gasteiger partial charge on any atom is -0.462 e. The third-order valence-corrected chi connectivity index (χ3v) is 6.39. The standard InChI is InChI=1S/C15H18N2O4S2.ClH/c1-2-21-15(18)14-6-9-5-12(3-4-13(9)22-14)23(19,20)17-11-7-10(16)8-11;/h3-6,10-11,17H,2,7-8,16H2,1H3;1H. The zero-order chi connectivity index (χ0) is 16.6. The van der Waals surface area contributed by atoms with E-state index in [0.29, 0.717) is 29.7 Å². The van der Waals surface area contributed by atoms with Crippen LogP contribution in [0.15, 0.2) is 29.2 Å². The topological polar surface area (TPSA) is 98.5 Å². The maximum Gasteiger partial charge on any atom is 0.348 e. The Morgan fingerprint density at radius 2 is 2.08 bits per heavy atom. The highest BCUT2D eigenvalue weighted by Crippen LogP contribution is 2.29. The van der Waals surface area contributed by atoms with Gasteiger partial charge in [0.1, 0.15) is 4.88 Å². The number of carbonyl (C=O) groups excluding carboxylic acids is 1. The lowest BCUT2D eigenvalue weighted by molar-refractivity contribution is 0.0532. The molecule has 24 heavy (non-hydrogen) atoms. The fourth-order valence-electron chi connectivity index (χ4n) is 2.54. The number of fused-ring (bicyclic) bond motifs is 1. The molecular weight excluding hydrogens is 372 g/mol. The van der Waals surface area contributed by atoms with Crippen LogP contribution in [-0.4, -0.2) is 33.1 Å². The summed E-state index contributed by atoms with van der Waals surface area (Å²) in [7, 11) is -3.57. The van der Waals surface area contributed by atoms with Gasteiger partial charge in [-0.1, -0.05) is 0 Å². The third-order valence-electron chi connectivity index (χ3n) is 3.77. The average Bonchev–Trinajstić information content (AvgIpc) is 2.88. The quantitative estimate of drug-likeness (QED) is 0.763. The molecule has 3 N–H and O–H groups in total. The van der Waals surface area contributed by atoms with E-state index in [-0.39, 0.29) is 35.4 Å². The number of rotatable bonds is 5. The number of benzene rings is 1. The van der Waals surface area contributed by atoms with Crippen LogP contribution in [0.5, 0.6) is 0 Å². The molecule has 1 aromatic carbocycles. The summed E-state index contributed by atoms with van der Waals surface area (Å²) in [6.45, 7) is 2.05. The highest BCUT2D eigenvalue weighted by molar-refractivity contribution is 7.89. The number of halogens is 1. The fourth-order valence-corrected chi connectivity index (χ4v) is 4.77. The van der Waals surface area contributed by atoms with Crippen LogP contribution in [0.4, 0.5) is 0 Å². The van der Waals surface area contributed by atoms with Gasteiger partial charge in [0.25, 0.3) is 0 Å². The SMILES string of the molecule is CCOC(=O)c1cc2cc(S(=O)(=O)NC3CC(N)C3)ccc2s1.Cl. The van der Waals surface area contributed by atoms with E-state index >= 15 is 0 Å². The van der Waals surface area contributed by atoms with Gasteiger partial charge < -0.3 is 10.5 Å². The normalized spacial score (nSPS) is 20.2. The van der Waals surface area contributed by atoms with E-state index in [0.717, 1.165) is 4.70 Å². The van der Waals surface area contributed by atoms with Gasteiger partial charge in [-0.25, -0.2) is 17.9 Å². The number of hydrogen-bond acceptors (Lipinski definition) is 6. The van der Waals surface area contributed by atoms with Crippen LogP contribution in [0.1, 0.15) is 29.4 Å². The van der Waals surface area contributed by atoms with Crippen molar-refractivity contribution in [2.24, 2.45) is 5.73 Å². The van der Waals surface area contributed by atoms with E-state index < -0.39 is 10.0 Å². The van der Waals surface area contributed by atoms with Gasteiger partial charge in [0.2, 0.25) is 10.0 Å². The Kier molecular flexibility index (Phi) is 5.87. The largest absolute Gasteiger partial charge is 0.462 e. The molecule has 1 aromatic heterocycles. The molecule has 0 spiro atoms. The van der Waals surface area contributed by atoms with Gasteiger partial charge in [0, 0.05) is 16.8 Å². The average molecular weight is 391 g/mol. The van der Waals surface area contributed by atoms with Crippen molar-refractivity contribution in [3.05, 3.63) is 29.1 Å². The van der Waals surface area contributed by atoms with Crippen molar-refractivity contribution < 1.29 is 17.9 Å². The molecule has 1 aliphatic carbocycles. The molecule has 0 amide bonds. The molecule has 0 radical (unpaired) electrons. The first-order chi connectivity index (χ1) is 10.9. The Labute approximate surface area is 150 Å². The summed E-state index contributed by atoms with van der Waals surface area (Å²) in [5.74, 6) is -0.389. The molecule has 9 heteroatoms. The molecule has 1 aliphatic rings. The molecule has 1 heterocycles. The van der Waals surface area contributed by atoms with E-state index in [1.807, 2.05) is 0 Å². The highest BCUT2D eigenvalue weighted by atomic mass is 35.5. The predicted octanol–water partition coefficient (Wildman–Crippen LogP) is 2.27. The summed E-state index contributed by atoms with van der Waals surface area (Å²) < 4.78 is 33.2. The van der Waals surface area contributed by atoms with Crippen LogP contribution in [0, 0.1) is 0 Å². The van der Waals surface area contributed by atoms with Gasteiger partial charge in [-0.15, -0.1) is 23.7 Å². The number of nitrogens with two attached hydrogens (primary N) is 1. The summed E-state index contributed by atoms with van der Waals surface area (Å²) in [5, 5.41) is 0.714. The van der Waals surface area contributed by atoms with Gasteiger partial charge in [-0.05, 0) is 49.4 Å². The molecule has 0 bridgehead atoms. The van der Waals surface area contributed by atoms with Gasteiger partial charge in [0.15, 0.2) is 0 Å². The van der Waals surface area contributed by atoms with Crippen LogP contribution >= 0.6 is 23.7 Å². The van der Waals surface area contributed by atoms with Gasteiger partial charge in [-0.3, -0.25) is 0 Å². The van der Waals surface area contributed by atoms with Crippen LogP contribution in [0.3, 0.4) is 0 Å². The van der Waals surface area contributed by atoms with Crippen molar-refractivity contribution in [2.75, 3.05) is 6.61 Å². The molecular formula is C15H19ClN2O4S2. The Balaban J connectivity index is 0.00000208. The van der Waals surface area contributed by atoms with E-state index in [4.69, 9.17) is 10.5 Å². The first-order valence-electron chi connectivity index (χ1n) is 7.37. The van der Waals surface area contributed by atoms with Crippen LogP contribution in [0.25, 0.3) is 10.1 Å². The second-order valence-corrected chi connectivity index (χ2v) is 8.38. The molecule has 0 unspecified atom stereocenters. The number of sulfonamides is 1. The lowest BCUT2D eigenvalue weighted by atomic mass is 9.89. The maximum atomic E-state index is 12.4. The number of carbonyl (C=O) groups is 1. The van der Waals surface area contributed by atoms with Crippen molar-refractivity contribution in [3.63, 3.8) is 0 Å². The van der Waals surface area contributed by atoms with E-state index in [2.05, 4.69) is 4.72 Å². The number of ether oxygens (including phenoxy) is 1. The Morgan fingerprint density at radius 1 is 1.38 bits per heavy atom. The Hall–Kier alpha value is -1.19. The molecule has 1 saturated carbocycles. The van der Waals surface area contributed by atoms with Crippen molar-refractivity contribution in [1.29, 1.82) is 0 Å². The molecule has 132 valence electrons. The Morgan fingerprint density at radius 3 is 2.71 bits per heavy atom. The summed E-state index contributed by atoms with van der Waals surface area (Å²) in [4.78, 5) is 12.4. The van der Waals surface area contributed by atoms with Crippen molar-refractivity contribution in [2.45, 2.75) is 36.7 Å². The molecule has 1 fully saturated rings. The molecule has 2 aromatic rings. The number of thiophene rings is 1. The minimum absolute atomic E-state index is 0. The van der Waals surface area contributed by atoms with E-state index in [1.54, 1.807) is 31.2 Å². The maximum absolute atomic E-state index is 12.4. The summed E-state index contributed by atoms with van der Waals surface area (Å²) in [6.07, 6.45) is 1.32. The molecule has 6 nitrogen and oxygen atoms in total. The molecule has 3 rings (SSSR count). The summed E-state index contributed by atoms with van der Waals surface area (Å²) >= 11 is 1.29. The second kappa shape index (κ2) is 7.37. The van der Waals surface area contributed by atoms with Crippen LogP contribution < -0.4 is 10.5 Å². The van der Waals surface area contributed by atoms with Gasteiger partial charge >= 0.3 is 5.97 Å². The zero-order valence-corrected chi connectivity index (χ0v) is 15.5. The second-order valence-electron chi connectivity index (χ2n) is 5.58. The summed E-state index contributed by atoms with van der Waals surface area (Å²) in [5.41, 5.74) is 5.68. The number of esters is 1. The molecule has 0 atom stereocenters. The summed E-state index contributed by atoms with van der Waals surface area (Å²) in [6, 6.07) is 6.49. The van der Waals surface area contributed by atoms with Crippen LogP contribution in [0.2, 0.25) is 0 Å². The Bertz CT molecular complexity index is 844. The van der Waals surface area contributed by atoms with Crippen LogP contribution in [-0.2, 0) is 14.8 Å². The number of nitrogens with one attached hydrogen (secondary N) is 1. The van der Waals surface area contributed by atoms with Crippen molar-refractivity contribution in [1.82, 2.24) is 4.72 Å². The van der Waals surface area contributed by atoms with Gasteiger partial charge in [0.05, 0.1) is 11.5 Å². The molecule has 0 saturated heterocycles. The first-order valence-corrected chi connectivity index (χ1v) is 9.67. The van der Waals surface area contributed by atoms with Gasteiger partial charge in [-0.2, -0.15) is 0 Å². The minimum atomic E-state index is -3.57. The predicted molar refractivity (Wildman–Crippen MR) is 96.3 cm³/mol. The molecule has 0 aliphatic heterocycles. The monoisotopic (exact) mass is 390 g/mol.